The molecule has 3 fully saturated rings. The Morgan fingerprint density at radius 2 is 1.31 bits per heavy atom. The molecular formula is C52H46GeIrN2O2-2. The third-order valence-electron chi connectivity index (χ3n) is 12.5. The van der Waals surface area contributed by atoms with Crippen molar-refractivity contribution >= 4 is 61.5 Å². The Morgan fingerprint density at radius 3 is 2.00 bits per heavy atom. The van der Waals surface area contributed by atoms with E-state index >= 15 is 0 Å². The number of pyridine rings is 2. The number of nitrogens with zero attached hydrogens (tertiary/aromatic N) is 2. The van der Waals surface area contributed by atoms with Crippen LogP contribution < -0.4 is 4.40 Å². The van der Waals surface area contributed by atoms with Gasteiger partial charge in [-0.3, -0.25) is 0 Å². The minimum atomic E-state index is -1.83. The molecule has 5 aromatic carbocycles. The number of rotatable bonds is 6. The van der Waals surface area contributed by atoms with Crippen LogP contribution in [0.3, 0.4) is 0 Å². The van der Waals surface area contributed by atoms with E-state index in [2.05, 4.69) is 114 Å². The van der Waals surface area contributed by atoms with Crippen LogP contribution in [0.2, 0.25) is 17.3 Å². The van der Waals surface area contributed by atoms with Gasteiger partial charge in [0, 0.05) is 31.7 Å². The van der Waals surface area contributed by atoms with Gasteiger partial charge in [0.15, 0.2) is 0 Å². The summed E-state index contributed by atoms with van der Waals surface area (Å²) in [6.45, 7) is 0. The third-order valence-corrected chi connectivity index (χ3v) is 16.8. The van der Waals surface area contributed by atoms with E-state index in [-0.39, 0.29) is 20.1 Å². The second-order valence-electron chi connectivity index (χ2n) is 17.2. The Bertz CT molecular complexity index is 2870. The average molecular weight is 996 g/mol. The van der Waals surface area contributed by atoms with Gasteiger partial charge >= 0.3 is 138 Å². The van der Waals surface area contributed by atoms with Crippen molar-refractivity contribution in [2.45, 2.75) is 55.8 Å². The van der Waals surface area contributed by atoms with Gasteiger partial charge in [-0.15, -0.1) is 18.2 Å². The molecule has 0 spiro atoms. The Hall–Kier alpha value is -4.81. The van der Waals surface area contributed by atoms with Gasteiger partial charge in [-0.05, 0) is 72.4 Å². The van der Waals surface area contributed by atoms with Crippen LogP contribution in [0, 0.1) is 29.9 Å². The molecule has 2 bridgehead atoms. The topological polar surface area (TPSA) is 52.1 Å². The largest absolute Gasteiger partial charge is 0.501 e. The van der Waals surface area contributed by atoms with E-state index in [9.17, 15) is 0 Å². The number of aromatic nitrogens is 2. The molecule has 0 saturated heterocycles. The van der Waals surface area contributed by atoms with Crippen molar-refractivity contribution in [2.24, 2.45) is 17.8 Å². The minimum Gasteiger partial charge on any atom is -0.501 e. The predicted octanol–water partition coefficient (Wildman–Crippen LogP) is 13.5. The molecule has 3 saturated carbocycles. The molecule has 12 rings (SSSR count). The number of para-hydroxylation sites is 1. The summed E-state index contributed by atoms with van der Waals surface area (Å²) in [6, 6.07) is 48.8. The number of hydrogen-bond acceptors (Lipinski definition) is 4. The van der Waals surface area contributed by atoms with Crippen molar-refractivity contribution in [1.82, 2.24) is 9.97 Å². The molecule has 3 aliphatic rings. The van der Waals surface area contributed by atoms with Crippen molar-refractivity contribution in [1.29, 1.82) is 0 Å². The number of benzene rings is 5. The summed E-state index contributed by atoms with van der Waals surface area (Å²) in [5.41, 5.74) is 11.1. The monoisotopic (exact) mass is 997 g/mol. The fraction of sp³-hybridized carbons (Fsp3) is 0.231. The first-order chi connectivity index (χ1) is 27.9. The van der Waals surface area contributed by atoms with Crippen LogP contribution in [0.5, 0.6) is 0 Å². The third kappa shape index (κ3) is 7.49. The molecule has 6 heteroatoms. The molecule has 1 unspecified atom stereocenters. The molecule has 1 atom stereocenters. The summed E-state index contributed by atoms with van der Waals surface area (Å²) in [6.07, 6.45) is 12.4. The Morgan fingerprint density at radius 1 is 0.621 bits per heavy atom. The number of fused-ring (bicyclic) bond motifs is 9. The van der Waals surface area contributed by atoms with E-state index in [1.165, 1.54) is 59.6 Å². The van der Waals surface area contributed by atoms with Crippen LogP contribution in [-0.4, -0.2) is 23.2 Å². The summed E-state index contributed by atoms with van der Waals surface area (Å²) >= 11 is -1.83. The van der Waals surface area contributed by atoms with E-state index in [0.717, 1.165) is 84.1 Å². The van der Waals surface area contributed by atoms with Crippen molar-refractivity contribution in [3.05, 3.63) is 151 Å². The minimum absolute atomic E-state index is 0. The molecule has 291 valence electrons. The van der Waals surface area contributed by atoms with Crippen LogP contribution in [0.25, 0.3) is 77.5 Å². The van der Waals surface area contributed by atoms with Gasteiger partial charge in [0.25, 0.3) is 0 Å². The zero-order valence-electron chi connectivity index (χ0n) is 33.2. The zero-order valence-corrected chi connectivity index (χ0v) is 37.7. The quantitative estimate of drug-likeness (QED) is 0.123. The van der Waals surface area contributed by atoms with Gasteiger partial charge < -0.3 is 9.40 Å². The van der Waals surface area contributed by atoms with Crippen molar-refractivity contribution in [2.75, 3.05) is 0 Å². The van der Waals surface area contributed by atoms with Crippen LogP contribution in [-0.2, 0) is 26.5 Å². The van der Waals surface area contributed by atoms with Crippen LogP contribution in [0.4, 0.5) is 0 Å². The van der Waals surface area contributed by atoms with E-state index in [4.69, 9.17) is 18.8 Å². The van der Waals surface area contributed by atoms with Crippen LogP contribution in [0.1, 0.15) is 37.7 Å². The van der Waals surface area contributed by atoms with Crippen LogP contribution >= 0.6 is 0 Å². The van der Waals surface area contributed by atoms with E-state index in [0.29, 0.717) is 0 Å². The first-order valence-corrected chi connectivity index (χ1v) is 27.9. The van der Waals surface area contributed by atoms with Crippen molar-refractivity contribution in [3.8, 4) is 33.6 Å². The summed E-state index contributed by atoms with van der Waals surface area (Å²) < 4.78 is 13.9. The SMILES string of the molecule is [CH3][Ge]([CH3])([CH3])[c]1ccc(-c2[c-]ccc3c2oc2ccccc23)nc1.[Ir].[c-]1ccc2c(oc3cc(-c4ccccc4)ccc32)c1-c1cc(CC2CC3CCC2CC3)ccn1. The normalized spacial score (nSPS) is 17.7. The second-order valence-corrected chi connectivity index (χ2v) is 27.8. The first kappa shape index (κ1) is 38.7. The molecule has 9 aromatic rings. The molecule has 3 aliphatic carbocycles. The van der Waals surface area contributed by atoms with Gasteiger partial charge in [0.2, 0.25) is 0 Å². The van der Waals surface area contributed by atoms with E-state index < -0.39 is 13.3 Å². The molecule has 4 aromatic heterocycles. The van der Waals surface area contributed by atoms with Crippen molar-refractivity contribution < 1.29 is 28.9 Å². The fourth-order valence-electron chi connectivity index (χ4n) is 9.41. The smallest absolute Gasteiger partial charge is 0.121 e. The molecule has 58 heavy (non-hydrogen) atoms. The molecule has 0 amide bonds. The summed E-state index contributed by atoms with van der Waals surface area (Å²) in [5.74, 6) is 9.86. The number of hydrogen-bond donors (Lipinski definition) is 0. The van der Waals surface area contributed by atoms with Gasteiger partial charge in [0.1, 0.15) is 5.58 Å². The predicted molar refractivity (Wildman–Crippen MR) is 237 cm³/mol. The van der Waals surface area contributed by atoms with Gasteiger partial charge in [-0.1, -0.05) is 77.9 Å². The standard InChI is InChI=1S/C32H28NO.C20H18GeNO.Ir/c1-2-5-23(6-3-1)25-13-14-27-28-7-4-8-29(32(28)34-31(27)20-25)30-19-22(15-16-33-30)18-26-17-21-9-11-24(26)12-10-21;1-21(2,3)14-11-12-18(22-13-14)17-9-6-8-16-15-7-4-5-10-19(15)23-20(16)17;/h1-7,13-16,19-21,24,26H,9-12,17-18H2;4-8,10-13H,1-3H3;/q2*-1;. The average Bonchev–Trinajstić information content (AvgIpc) is 3.83. The number of furan rings is 2. The van der Waals surface area contributed by atoms with Gasteiger partial charge in [0.05, 0.1) is 5.58 Å². The molecule has 4 heterocycles. The van der Waals surface area contributed by atoms with E-state index in [1.807, 2.05) is 48.8 Å². The molecule has 1 radical (unpaired) electrons. The van der Waals surface area contributed by atoms with E-state index in [1.54, 1.807) is 0 Å². The Balaban J connectivity index is 0.000000159. The summed E-state index contributed by atoms with van der Waals surface area (Å²) in [5, 5.41) is 4.52. The zero-order chi connectivity index (χ0) is 38.5. The maximum absolute atomic E-state index is 6.46. The Labute approximate surface area is 356 Å². The molecular weight excluding hydrogens is 949 g/mol. The maximum atomic E-state index is 6.46. The van der Waals surface area contributed by atoms with Gasteiger partial charge in [-0.25, -0.2) is 0 Å². The summed E-state index contributed by atoms with van der Waals surface area (Å²) in [4.78, 5) is 9.44. The first-order valence-electron chi connectivity index (χ1n) is 20.5. The molecule has 0 aliphatic heterocycles. The second kappa shape index (κ2) is 16.1. The van der Waals surface area contributed by atoms with Gasteiger partial charge in [-0.2, -0.15) is 0 Å². The maximum Gasteiger partial charge on any atom is 0.121 e. The summed E-state index contributed by atoms with van der Waals surface area (Å²) in [7, 11) is 0. The Kier molecular flexibility index (Phi) is 10.7. The molecule has 4 nitrogen and oxygen atoms in total. The van der Waals surface area contributed by atoms with Crippen LogP contribution in [0.15, 0.2) is 143 Å². The molecule has 0 N–H and O–H groups in total. The van der Waals surface area contributed by atoms with Crippen molar-refractivity contribution in [3.63, 3.8) is 0 Å². The fourth-order valence-corrected chi connectivity index (χ4v) is 11.6.